The Labute approximate surface area is 143 Å². The first-order valence-corrected chi connectivity index (χ1v) is 7.69. The highest BCUT2D eigenvalue weighted by Gasteiger charge is 2.14. The molecule has 0 aromatic heterocycles. The molecule has 7 heteroatoms. The van der Waals surface area contributed by atoms with Crippen LogP contribution in [0.15, 0.2) is 42.5 Å². The molecule has 0 atom stereocenters. The molecule has 0 aliphatic carbocycles. The van der Waals surface area contributed by atoms with Crippen LogP contribution in [0, 0.1) is 10.1 Å². The van der Waals surface area contributed by atoms with Crippen LogP contribution >= 0.6 is 23.2 Å². The molecule has 0 aliphatic rings. The third kappa shape index (κ3) is 4.94. The summed E-state index contributed by atoms with van der Waals surface area (Å²) in [4.78, 5) is 22.1. The van der Waals surface area contributed by atoms with Crippen LogP contribution in [0.5, 0.6) is 0 Å². The van der Waals surface area contributed by atoms with Crippen molar-refractivity contribution >= 4 is 34.8 Å². The van der Waals surface area contributed by atoms with Crippen LogP contribution < -0.4 is 5.32 Å². The molecular formula is C16H14Cl2N2O3. The maximum absolute atomic E-state index is 12.0. The van der Waals surface area contributed by atoms with Gasteiger partial charge in [0.15, 0.2) is 0 Å². The molecule has 0 saturated carbocycles. The molecule has 0 radical (unpaired) electrons. The summed E-state index contributed by atoms with van der Waals surface area (Å²) in [5.74, 6) is -0.346. The summed E-state index contributed by atoms with van der Waals surface area (Å²) in [6.07, 6.45) is 1.57. The van der Waals surface area contributed by atoms with E-state index < -0.39 is 4.92 Å². The minimum atomic E-state index is -0.556. The first-order chi connectivity index (χ1) is 11.0. The normalized spacial score (nSPS) is 10.3. The number of amides is 1. The number of non-ortho nitro benzene ring substituents is 1. The van der Waals surface area contributed by atoms with Crippen molar-refractivity contribution in [3.63, 3.8) is 0 Å². The summed E-state index contributed by atoms with van der Waals surface area (Å²) in [6.45, 7) is 0.481. The van der Waals surface area contributed by atoms with E-state index in [1.807, 2.05) is 24.3 Å². The number of benzene rings is 2. The van der Waals surface area contributed by atoms with Gasteiger partial charge in [0.1, 0.15) is 0 Å². The minimum absolute atomic E-state index is 0.0643. The third-order valence-electron chi connectivity index (χ3n) is 3.25. The fourth-order valence-electron chi connectivity index (χ4n) is 2.04. The molecule has 0 heterocycles. The Bertz CT molecular complexity index is 718. The summed E-state index contributed by atoms with van der Waals surface area (Å²) < 4.78 is 0. The number of nitro groups is 1. The second-order valence-corrected chi connectivity index (χ2v) is 5.75. The Morgan fingerprint density at radius 3 is 2.43 bits per heavy atom. The largest absolute Gasteiger partial charge is 0.352 e. The molecule has 5 nitrogen and oxygen atoms in total. The predicted molar refractivity (Wildman–Crippen MR) is 90.2 cm³/mol. The van der Waals surface area contributed by atoms with Gasteiger partial charge in [-0.1, -0.05) is 35.3 Å². The van der Waals surface area contributed by atoms with Gasteiger partial charge in [0.05, 0.1) is 15.5 Å². The summed E-state index contributed by atoms with van der Waals surface area (Å²) in [5, 5.41) is 14.1. The number of hydrogen-bond acceptors (Lipinski definition) is 3. The molecule has 0 aliphatic heterocycles. The highest BCUT2D eigenvalue weighted by Crippen LogP contribution is 2.22. The van der Waals surface area contributed by atoms with Crippen LogP contribution in [0.2, 0.25) is 10.0 Å². The maximum atomic E-state index is 12.0. The Morgan fingerprint density at radius 2 is 1.83 bits per heavy atom. The lowest BCUT2D eigenvalue weighted by atomic mass is 10.1. The number of nitrogens with zero attached hydrogens (tertiary/aromatic N) is 1. The van der Waals surface area contributed by atoms with Crippen LogP contribution in [-0.2, 0) is 6.42 Å². The SMILES string of the molecule is O=C(NCCCc1ccc(Cl)cc1)c1ccc([N+](=O)[O-])cc1Cl. The Kier molecular flexibility index (Phi) is 5.96. The van der Waals surface area contributed by atoms with Crippen molar-refractivity contribution in [3.05, 3.63) is 73.8 Å². The van der Waals surface area contributed by atoms with Gasteiger partial charge in [0, 0.05) is 23.7 Å². The summed E-state index contributed by atoms with van der Waals surface area (Å²) in [7, 11) is 0. The molecule has 2 aromatic rings. The molecule has 1 N–H and O–H groups in total. The number of halogens is 2. The van der Waals surface area contributed by atoms with E-state index in [-0.39, 0.29) is 22.2 Å². The average Bonchev–Trinajstić information content (AvgIpc) is 2.52. The van der Waals surface area contributed by atoms with E-state index in [1.165, 1.54) is 18.2 Å². The second kappa shape index (κ2) is 7.94. The van der Waals surface area contributed by atoms with E-state index >= 15 is 0 Å². The zero-order chi connectivity index (χ0) is 16.8. The molecule has 120 valence electrons. The first-order valence-electron chi connectivity index (χ1n) is 6.94. The topological polar surface area (TPSA) is 72.2 Å². The molecule has 0 saturated heterocycles. The molecular weight excluding hydrogens is 339 g/mol. The van der Waals surface area contributed by atoms with Crippen molar-refractivity contribution in [1.29, 1.82) is 0 Å². The number of aryl methyl sites for hydroxylation is 1. The van der Waals surface area contributed by atoms with E-state index in [1.54, 1.807) is 0 Å². The Balaban J connectivity index is 1.85. The lowest BCUT2D eigenvalue weighted by Gasteiger charge is -2.07. The van der Waals surface area contributed by atoms with Crippen molar-refractivity contribution in [1.82, 2.24) is 5.32 Å². The molecule has 2 aromatic carbocycles. The fourth-order valence-corrected chi connectivity index (χ4v) is 2.43. The van der Waals surface area contributed by atoms with Gasteiger partial charge >= 0.3 is 0 Å². The zero-order valence-corrected chi connectivity index (χ0v) is 13.6. The third-order valence-corrected chi connectivity index (χ3v) is 3.81. The van der Waals surface area contributed by atoms with E-state index in [9.17, 15) is 14.9 Å². The van der Waals surface area contributed by atoms with E-state index in [2.05, 4.69) is 5.32 Å². The second-order valence-electron chi connectivity index (χ2n) is 4.91. The number of rotatable bonds is 6. The fraction of sp³-hybridized carbons (Fsp3) is 0.188. The monoisotopic (exact) mass is 352 g/mol. The van der Waals surface area contributed by atoms with Gasteiger partial charge in [-0.05, 0) is 36.6 Å². The van der Waals surface area contributed by atoms with Crippen LogP contribution in [0.3, 0.4) is 0 Å². The molecule has 0 fully saturated rings. The van der Waals surface area contributed by atoms with Crippen LogP contribution in [0.25, 0.3) is 0 Å². The summed E-state index contributed by atoms with van der Waals surface area (Å²) in [5.41, 5.74) is 1.22. The standard InChI is InChI=1S/C16H14Cl2N2O3/c17-12-5-3-11(4-6-12)2-1-9-19-16(21)14-8-7-13(20(22)23)10-15(14)18/h3-8,10H,1-2,9H2,(H,19,21). The van der Waals surface area contributed by atoms with Crippen LogP contribution in [0.4, 0.5) is 5.69 Å². The maximum Gasteiger partial charge on any atom is 0.270 e. The first kappa shape index (κ1) is 17.2. The van der Waals surface area contributed by atoms with Gasteiger partial charge in [-0.3, -0.25) is 14.9 Å². The quantitative estimate of drug-likeness (QED) is 0.479. The van der Waals surface area contributed by atoms with Gasteiger partial charge < -0.3 is 5.32 Å². The lowest BCUT2D eigenvalue weighted by molar-refractivity contribution is -0.384. The van der Waals surface area contributed by atoms with Crippen molar-refractivity contribution < 1.29 is 9.72 Å². The molecule has 0 spiro atoms. The van der Waals surface area contributed by atoms with Gasteiger partial charge in [-0.25, -0.2) is 0 Å². The van der Waals surface area contributed by atoms with Gasteiger partial charge in [0.2, 0.25) is 0 Å². The van der Waals surface area contributed by atoms with Crippen molar-refractivity contribution in [3.8, 4) is 0 Å². The molecule has 2 rings (SSSR count). The number of nitrogens with one attached hydrogen (secondary N) is 1. The zero-order valence-electron chi connectivity index (χ0n) is 12.1. The molecule has 1 amide bonds. The molecule has 23 heavy (non-hydrogen) atoms. The van der Waals surface area contributed by atoms with Crippen LogP contribution in [0.1, 0.15) is 22.3 Å². The van der Waals surface area contributed by atoms with Gasteiger partial charge in [-0.15, -0.1) is 0 Å². The summed E-state index contributed by atoms with van der Waals surface area (Å²) in [6, 6.07) is 11.3. The van der Waals surface area contributed by atoms with Crippen molar-refractivity contribution in [2.24, 2.45) is 0 Å². The number of nitro benzene ring substituents is 1. The van der Waals surface area contributed by atoms with Crippen LogP contribution in [-0.4, -0.2) is 17.4 Å². The molecule has 0 unspecified atom stereocenters. The van der Waals surface area contributed by atoms with E-state index in [0.717, 1.165) is 18.4 Å². The highest BCUT2D eigenvalue weighted by atomic mass is 35.5. The highest BCUT2D eigenvalue weighted by molar-refractivity contribution is 6.34. The van der Waals surface area contributed by atoms with Crippen molar-refractivity contribution in [2.45, 2.75) is 12.8 Å². The number of carbonyl (C=O) groups excluding carboxylic acids is 1. The number of hydrogen-bond donors (Lipinski definition) is 1. The predicted octanol–water partition coefficient (Wildman–Crippen LogP) is 4.26. The Hall–Kier alpha value is -2.11. The average molecular weight is 353 g/mol. The van der Waals surface area contributed by atoms with Gasteiger partial charge in [0.25, 0.3) is 11.6 Å². The van der Waals surface area contributed by atoms with Crippen molar-refractivity contribution in [2.75, 3.05) is 6.54 Å². The van der Waals surface area contributed by atoms with E-state index in [0.29, 0.717) is 11.6 Å². The summed E-state index contributed by atoms with van der Waals surface area (Å²) >= 11 is 11.7. The minimum Gasteiger partial charge on any atom is -0.352 e. The lowest BCUT2D eigenvalue weighted by Crippen LogP contribution is -2.25. The number of carbonyl (C=O) groups is 1. The molecule has 0 bridgehead atoms. The smallest absolute Gasteiger partial charge is 0.270 e. The van der Waals surface area contributed by atoms with Gasteiger partial charge in [-0.2, -0.15) is 0 Å². The van der Waals surface area contributed by atoms with E-state index in [4.69, 9.17) is 23.2 Å². The Morgan fingerprint density at radius 1 is 1.13 bits per heavy atom.